The number of aryl methyl sites for hydroxylation is 1. The van der Waals surface area contributed by atoms with E-state index in [-0.39, 0.29) is 17.1 Å². The van der Waals surface area contributed by atoms with Gasteiger partial charge in [-0.2, -0.15) is 4.99 Å². The molecule has 0 atom stereocenters. The van der Waals surface area contributed by atoms with Crippen LogP contribution in [0.15, 0.2) is 58.4 Å². The Morgan fingerprint density at radius 2 is 1.85 bits per heavy atom. The Morgan fingerprint density at radius 1 is 1.15 bits per heavy atom. The van der Waals surface area contributed by atoms with Crippen LogP contribution >= 0.6 is 11.3 Å². The lowest BCUT2D eigenvalue weighted by molar-refractivity contribution is -0.117. The van der Waals surface area contributed by atoms with E-state index in [4.69, 9.17) is 0 Å². The van der Waals surface area contributed by atoms with Gasteiger partial charge in [0.05, 0.1) is 20.9 Å². The van der Waals surface area contributed by atoms with Crippen molar-refractivity contribution in [2.75, 3.05) is 5.75 Å². The van der Waals surface area contributed by atoms with Crippen LogP contribution in [0, 0.1) is 0 Å². The number of rotatable bonds is 5. The molecule has 142 valence electrons. The lowest BCUT2D eigenvalue weighted by Crippen LogP contribution is -2.15. The average Bonchev–Trinajstić information content (AvgIpc) is 2.96. The Hall–Kier alpha value is -2.25. The van der Waals surface area contributed by atoms with Gasteiger partial charge in [0, 0.05) is 13.5 Å². The van der Waals surface area contributed by atoms with Crippen LogP contribution in [0.25, 0.3) is 10.2 Å². The third kappa shape index (κ3) is 4.36. The Labute approximate surface area is 162 Å². The molecule has 0 N–H and O–H groups in total. The number of carbonyl (C=O) groups is 1. The van der Waals surface area contributed by atoms with Crippen LogP contribution < -0.4 is 4.80 Å². The van der Waals surface area contributed by atoms with Crippen LogP contribution in [0.1, 0.15) is 31.7 Å². The van der Waals surface area contributed by atoms with E-state index >= 15 is 0 Å². The zero-order chi connectivity index (χ0) is 19.6. The highest BCUT2D eigenvalue weighted by Gasteiger charge is 2.16. The van der Waals surface area contributed by atoms with Crippen LogP contribution in [-0.4, -0.2) is 24.6 Å². The maximum Gasteiger partial charge on any atom is 0.249 e. The van der Waals surface area contributed by atoms with Gasteiger partial charge >= 0.3 is 0 Å². The number of amides is 1. The number of hydrogen-bond acceptors (Lipinski definition) is 4. The minimum absolute atomic E-state index is 0.136. The zero-order valence-electron chi connectivity index (χ0n) is 15.5. The maximum atomic E-state index is 12.3. The molecule has 0 unspecified atom stereocenters. The summed E-state index contributed by atoms with van der Waals surface area (Å²) in [4.78, 5) is 17.2. The van der Waals surface area contributed by atoms with Crippen molar-refractivity contribution in [2.45, 2.75) is 31.1 Å². The predicted octanol–water partition coefficient (Wildman–Crippen LogP) is 3.65. The standard InChI is InChI=1S/C20H22N2O3S2/c1-14(2)15-9-10-17-18(13-15)26-20(22(17)3)21-19(23)11-12-27(24,25)16-7-5-4-6-8-16/h4-10,13-14H,11-12H2,1-3H3. The van der Waals surface area contributed by atoms with Gasteiger partial charge in [-0.15, -0.1) is 0 Å². The summed E-state index contributed by atoms with van der Waals surface area (Å²) >= 11 is 1.44. The SMILES string of the molecule is CC(C)c1ccc2c(c1)sc(=NC(=O)CCS(=O)(=O)c1ccccc1)n2C. The van der Waals surface area contributed by atoms with E-state index in [1.807, 2.05) is 17.7 Å². The second kappa shape index (κ2) is 7.78. The highest BCUT2D eigenvalue weighted by molar-refractivity contribution is 7.91. The van der Waals surface area contributed by atoms with Gasteiger partial charge in [0.2, 0.25) is 5.91 Å². The van der Waals surface area contributed by atoms with E-state index in [1.165, 1.54) is 29.0 Å². The largest absolute Gasteiger partial charge is 0.319 e. The molecule has 0 aliphatic heterocycles. The molecule has 0 saturated carbocycles. The summed E-state index contributed by atoms with van der Waals surface area (Å²) in [5.41, 5.74) is 2.24. The summed E-state index contributed by atoms with van der Waals surface area (Å²) in [6.45, 7) is 4.27. The van der Waals surface area contributed by atoms with E-state index in [0.29, 0.717) is 10.7 Å². The number of carbonyl (C=O) groups excluding carboxylic acids is 1. The monoisotopic (exact) mass is 402 g/mol. The summed E-state index contributed by atoms with van der Waals surface area (Å²) in [6.07, 6.45) is -0.136. The van der Waals surface area contributed by atoms with Gasteiger partial charge in [0.25, 0.3) is 0 Å². The van der Waals surface area contributed by atoms with Crippen molar-refractivity contribution in [1.82, 2.24) is 4.57 Å². The summed E-state index contributed by atoms with van der Waals surface area (Å²) in [6, 6.07) is 14.4. The first-order valence-corrected chi connectivity index (χ1v) is 11.2. The minimum atomic E-state index is -3.48. The van der Waals surface area contributed by atoms with Gasteiger partial charge in [-0.05, 0) is 35.7 Å². The normalized spacial score (nSPS) is 12.8. The van der Waals surface area contributed by atoms with Crippen LogP contribution in [0.4, 0.5) is 0 Å². The highest BCUT2D eigenvalue weighted by atomic mass is 32.2. The van der Waals surface area contributed by atoms with Gasteiger partial charge in [0.15, 0.2) is 14.6 Å². The van der Waals surface area contributed by atoms with Crippen molar-refractivity contribution in [3.05, 3.63) is 58.9 Å². The van der Waals surface area contributed by atoms with E-state index in [0.717, 1.165) is 10.2 Å². The van der Waals surface area contributed by atoms with Gasteiger partial charge in [-0.25, -0.2) is 8.42 Å². The molecule has 2 aromatic carbocycles. The second-order valence-electron chi connectivity index (χ2n) is 6.71. The van der Waals surface area contributed by atoms with Crippen LogP contribution in [0.2, 0.25) is 0 Å². The summed E-state index contributed by atoms with van der Waals surface area (Å²) < 4.78 is 27.5. The molecule has 0 aliphatic carbocycles. The molecule has 0 spiro atoms. The third-order valence-electron chi connectivity index (χ3n) is 4.41. The van der Waals surface area contributed by atoms with Crippen molar-refractivity contribution in [3.63, 3.8) is 0 Å². The first kappa shape index (κ1) is 19.5. The maximum absolute atomic E-state index is 12.3. The highest BCUT2D eigenvalue weighted by Crippen LogP contribution is 2.23. The Morgan fingerprint density at radius 3 is 2.52 bits per heavy atom. The molecule has 27 heavy (non-hydrogen) atoms. The zero-order valence-corrected chi connectivity index (χ0v) is 17.2. The summed E-state index contributed by atoms with van der Waals surface area (Å²) in [5, 5.41) is 0. The number of sulfone groups is 1. The quantitative estimate of drug-likeness (QED) is 0.654. The smallest absolute Gasteiger partial charge is 0.249 e. The molecule has 5 nitrogen and oxygen atoms in total. The lowest BCUT2D eigenvalue weighted by Gasteiger charge is -2.04. The average molecular weight is 403 g/mol. The summed E-state index contributed by atoms with van der Waals surface area (Å²) in [7, 11) is -1.62. The van der Waals surface area contributed by atoms with Crippen LogP contribution in [-0.2, 0) is 21.7 Å². The number of fused-ring (bicyclic) bond motifs is 1. The fourth-order valence-corrected chi connectivity index (χ4v) is 5.08. The molecule has 0 saturated heterocycles. The van der Waals surface area contributed by atoms with Crippen LogP contribution in [0.5, 0.6) is 0 Å². The molecule has 3 rings (SSSR count). The van der Waals surface area contributed by atoms with Gasteiger partial charge in [-0.1, -0.05) is 49.4 Å². The van der Waals surface area contributed by atoms with Crippen molar-refractivity contribution in [3.8, 4) is 0 Å². The molecule has 7 heteroatoms. The van der Waals surface area contributed by atoms with E-state index in [2.05, 4.69) is 31.0 Å². The molecular weight excluding hydrogens is 380 g/mol. The number of aromatic nitrogens is 1. The topological polar surface area (TPSA) is 68.5 Å². The van der Waals surface area contributed by atoms with Crippen molar-refractivity contribution in [1.29, 1.82) is 0 Å². The number of hydrogen-bond donors (Lipinski definition) is 0. The molecule has 0 bridgehead atoms. The lowest BCUT2D eigenvalue weighted by atomic mass is 10.0. The molecule has 1 heterocycles. The minimum Gasteiger partial charge on any atom is -0.319 e. The van der Waals surface area contributed by atoms with Gasteiger partial charge < -0.3 is 4.57 Å². The van der Waals surface area contributed by atoms with E-state index in [1.54, 1.807) is 18.2 Å². The Bertz CT molecular complexity index is 1140. The van der Waals surface area contributed by atoms with Crippen LogP contribution in [0.3, 0.4) is 0 Å². The Kier molecular flexibility index (Phi) is 5.62. The van der Waals surface area contributed by atoms with Crippen molar-refractivity contribution < 1.29 is 13.2 Å². The molecule has 0 fully saturated rings. The van der Waals surface area contributed by atoms with E-state index < -0.39 is 15.7 Å². The first-order chi connectivity index (χ1) is 12.8. The molecule has 3 aromatic rings. The molecule has 1 amide bonds. The van der Waals surface area contributed by atoms with Crippen molar-refractivity contribution in [2.24, 2.45) is 12.0 Å². The van der Waals surface area contributed by atoms with Gasteiger partial charge in [-0.3, -0.25) is 4.79 Å². The first-order valence-electron chi connectivity index (χ1n) is 8.73. The molecule has 0 aliphatic rings. The molecule has 1 aromatic heterocycles. The third-order valence-corrected chi connectivity index (χ3v) is 7.23. The van der Waals surface area contributed by atoms with Crippen molar-refractivity contribution >= 4 is 37.3 Å². The number of benzene rings is 2. The fraction of sp³-hybridized carbons (Fsp3) is 0.300. The fourth-order valence-electron chi connectivity index (χ4n) is 2.75. The summed E-state index contributed by atoms with van der Waals surface area (Å²) in [5.74, 6) is -0.251. The molecule has 0 radical (unpaired) electrons. The Balaban J connectivity index is 1.82. The van der Waals surface area contributed by atoms with E-state index in [9.17, 15) is 13.2 Å². The van der Waals surface area contributed by atoms with Gasteiger partial charge in [0.1, 0.15) is 0 Å². The second-order valence-corrected chi connectivity index (χ2v) is 9.83. The molecular formula is C20H22N2O3S2. The number of thiazole rings is 1. The predicted molar refractivity (Wildman–Crippen MR) is 109 cm³/mol. The number of nitrogens with zero attached hydrogens (tertiary/aromatic N) is 2.